The van der Waals surface area contributed by atoms with Gasteiger partial charge in [0.05, 0.1) is 29.6 Å². The molecular weight excluding hydrogens is 236 g/mol. The highest BCUT2D eigenvalue weighted by Gasteiger charge is 2.21. The van der Waals surface area contributed by atoms with Crippen LogP contribution in [0.2, 0.25) is 0 Å². The third kappa shape index (κ3) is 2.26. The van der Waals surface area contributed by atoms with Crippen LogP contribution in [-0.4, -0.2) is 4.98 Å². The van der Waals surface area contributed by atoms with E-state index in [4.69, 9.17) is 22.1 Å². The Kier molecular flexibility index (Phi) is 4.16. The molecule has 1 aromatic heterocycles. The zero-order chi connectivity index (χ0) is 12.1. The van der Waals surface area contributed by atoms with Crippen LogP contribution in [0.1, 0.15) is 28.8 Å². The van der Waals surface area contributed by atoms with Crippen molar-refractivity contribution in [3.8, 4) is 12.1 Å². The van der Waals surface area contributed by atoms with Crippen molar-refractivity contribution in [2.75, 3.05) is 0 Å². The lowest BCUT2D eigenvalue weighted by molar-refractivity contribution is 0.150. The lowest BCUT2D eigenvalue weighted by atomic mass is 10.0. The molecule has 0 aliphatic carbocycles. The minimum Gasteiger partial charge on any atom is -0.258 e. The van der Waals surface area contributed by atoms with Crippen LogP contribution in [0.4, 0.5) is 8.78 Å². The van der Waals surface area contributed by atoms with Gasteiger partial charge in [0.25, 0.3) is 6.43 Å². The van der Waals surface area contributed by atoms with E-state index in [-0.39, 0.29) is 29.1 Å². The quantitative estimate of drug-likeness (QED) is 0.765. The average molecular weight is 242 g/mol. The summed E-state index contributed by atoms with van der Waals surface area (Å²) in [7, 11) is 0. The van der Waals surface area contributed by atoms with Gasteiger partial charge in [0.15, 0.2) is 0 Å². The second-order valence-corrected chi connectivity index (χ2v) is 3.16. The second-order valence-electron chi connectivity index (χ2n) is 2.89. The van der Waals surface area contributed by atoms with Crippen molar-refractivity contribution in [1.82, 2.24) is 4.98 Å². The van der Waals surface area contributed by atoms with Gasteiger partial charge in [-0.1, -0.05) is 0 Å². The van der Waals surface area contributed by atoms with Crippen LogP contribution < -0.4 is 0 Å². The molecule has 0 aliphatic heterocycles. The molecule has 1 rings (SSSR count). The van der Waals surface area contributed by atoms with Crippen LogP contribution in [0.5, 0.6) is 0 Å². The molecule has 0 saturated carbocycles. The molecule has 0 saturated heterocycles. The summed E-state index contributed by atoms with van der Waals surface area (Å²) in [5.74, 6) is -0.0670. The predicted molar refractivity (Wildman–Crippen MR) is 52.8 cm³/mol. The Hall–Kier alpha value is -1.72. The van der Waals surface area contributed by atoms with Gasteiger partial charge in [-0.25, -0.2) is 8.78 Å². The van der Waals surface area contributed by atoms with Gasteiger partial charge in [-0.3, -0.25) is 4.98 Å². The fourth-order valence-corrected chi connectivity index (χ4v) is 1.57. The first-order valence-corrected chi connectivity index (χ1v) is 4.81. The average Bonchev–Trinajstić information content (AvgIpc) is 2.28. The summed E-state index contributed by atoms with van der Waals surface area (Å²) in [6.45, 7) is 0. The summed E-state index contributed by atoms with van der Waals surface area (Å²) < 4.78 is 25.6. The molecule has 0 bridgehead atoms. The number of aromatic nitrogens is 1. The summed E-state index contributed by atoms with van der Waals surface area (Å²) in [5.41, 5.74) is -0.368. The maximum absolute atomic E-state index is 12.8. The number of nitrogens with zero attached hydrogens (tertiary/aromatic N) is 3. The molecule has 0 aliphatic rings. The molecule has 6 heteroatoms. The Morgan fingerprint density at radius 2 is 2.12 bits per heavy atom. The van der Waals surface area contributed by atoms with Gasteiger partial charge in [-0.15, -0.1) is 11.6 Å². The van der Waals surface area contributed by atoms with E-state index >= 15 is 0 Å². The van der Waals surface area contributed by atoms with Crippen LogP contribution >= 0.6 is 11.6 Å². The molecule has 16 heavy (non-hydrogen) atoms. The van der Waals surface area contributed by atoms with Gasteiger partial charge in [0.1, 0.15) is 6.07 Å². The summed E-state index contributed by atoms with van der Waals surface area (Å²) in [6, 6.07) is 3.40. The molecule has 0 radical (unpaired) electrons. The Bertz CT molecular complexity index is 474. The van der Waals surface area contributed by atoms with Crippen LogP contribution in [-0.2, 0) is 12.3 Å². The molecule has 0 spiro atoms. The van der Waals surface area contributed by atoms with Crippen molar-refractivity contribution < 1.29 is 8.78 Å². The van der Waals surface area contributed by atoms with Crippen molar-refractivity contribution >= 4 is 11.6 Å². The second kappa shape index (κ2) is 5.39. The van der Waals surface area contributed by atoms with Crippen molar-refractivity contribution in [3.05, 3.63) is 28.6 Å². The maximum atomic E-state index is 12.8. The highest BCUT2D eigenvalue weighted by Crippen LogP contribution is 2.28. The first-order valence-electron chi connectivity index (χ1n) is 4.27. The third-order valence-corrected chi connectivity index (χ3v) is 2.29. The SMILES string of the molecule is N#CCc1c(CCl)ncc(C#N)c1C(F)F. The molecule has 0 atom stereocenters. The smallest absolute Gasteiger partial charge is 0.258 e. The number of pyridine rings is 1. The number of hydrogen-bond donors (Lipinski definition) is 0. The van der Waals surface area contributed by atoms with Crippen molar-refractivity contribution in [3.63, 3.8) is 0 Å². The van der Waals surface area contributed by atoms with Gasteiger partial charge in [0, 0.05) is 11.8 Å². The first kappa shape index (κ1) is 12.4. The van der Waals surface area contributed by atoms with E-state index in [0.717, 1.165) is 6.20 Å². The van der Waals surface area contributed by atoms with E-state index in [2.05, 4.69) is 4.98 Å². The highest BCUT2D eigenvalue weighted by atomic mass is 35.5. The highest BCUT2D eigenvalue weighted by molar-refractivity contribution is 6.17. The number of halogens is 3. The largest absolute Gasteiger partial charge is 0.265 e. The van der Waals surface area contributed by atoms with Crippen molar-refractivity contribution in [2.45, 2.75) is 18.7 Å². The van der Waals surface area contributed by atoms with E-state index in [1.165, 1.54) is 0 Å². The Morgan fingerprint density at radius 1 is 1.44 bits per heavy atom. The number of nitriles is 2. The minimum atomic E-state index is -2.82. The lowest BCUT2D eigenvalue weighted by Gasteiger charge is -2.10. The molecule has 0 N–H and O–H groups in total. The van der Waals surface area contributed by atoms with Crippen LogP contribution in [0.15, 0.2) is 6.20 Å². The van der Waals surface area contributed by atoms with E-state index in [0.29, 0.717) is 0 Å². The summed E-state index contributed by atoms with van der Waals surface area (Å²) in [4.78, 5) is 3.79. The van der Waals surface area contributed by atoms with E-state index in [1.54, 1.807) is 12.1 Å². The molecular formula is C10H6ClF2N3. The molecule has 0 aromatic carbocycles. The summed E-state index contributed by atoms with van der Waals surface area (Å²) in [6.07, 6.45) is -1.99. The van der Waals surface area contributed by atoms with Crippen LogP contribution in [0.3, 0.4) is 0 Å². The van der Waals surface area contributed by atoms with Crippen molar-refractivity contribution in [1.29, 1.82) is 10.5 Å². The summed E-state index contributed by atoms with van der Waals surface area (Å²) >= 11 is 5.54. The zero-order valence-corrected chi connectivity index (χ0v) is 8.80. The normalized spacial score (nSPS) is 9.88. The fourth-order valence-electron chi connectivity index (χ4n) is 1.34. The Balaban J connectivity index is 3.49. The Labute approximate surface area is 95.9 Å². The van der Waals surface area contributed by atoms with Gasteiger partial charge >= 0.3 is 0 Å². The van der Waals surface area contributed by atoms with Gasteiger partial charge in [0.2, 0.25) is 0 Å². The molecule has 1 heterocycles. The zero-order valence-electron chi connectivity index (χ0n) is 8.04. The number of rotatable bonds is 3. The van der Waals surface area contributed by atoms with E-state index in [9.17, 15) is 8.78 Å². The maximum Gasteiger partial charge on any atom is 0.265 e. The molecule has 3 nitrogen and oxygen atoms in total. The first-order chi connectivity index (χ1) is 7.65. The van der Waals surface area contributed by atoms with Crippen molar-refractivity contribution in [2.24, 2.45) is 0 Å². The van der Waals surface area contributed by atoms with E-state index in [1.807, 2.05) is 0 Å². The standard InChI is InChI=1S/C10H6ClF2N3/c11-3-8-7(1-2-14)9(10(12)13)6(4-15)5-16-8/h5,10H,1,3H2. The van der Waals surface area contributed by atoms with Gasteiger partial charge in [-0.2, -0.15) is 10.5 Å². The van der Waals surface area contributed by atoms with Gasteiger partial charge in [-0.05, 0) is 5.56 Å². The topological polar surface area (TPSA) is 60.5 Å². The summed E-state index contributed by atoms with van der Waals surface area (Å²) in [5, 5.41) is 17.2. The molecule has 0 amide bonds. The molecule has 1 aromatic rings. The monoisotopic (exact) mass is 241 g/mol. The molecule has 0 unspecified atom stereocenters. The van der Waals surface area contributed by atoms with Crippen LogP contribution in [0.25, 0.3) is 0 Å². The van der Waals surface area contributed by atoms with E-state index < -0.39 is 12.0 Å². The number of alkyl halides is 3. The predicted octanol–water partition coefficient (Wildman–Crippen LogP) is 2.70. The molecule has 0 fully saturated rings. The molecule has 82 valence electrons. The number of hydrogen-bond acceptors (Lipinski definition) is 3. The van der Waals surface area contributed by atoms with Crippen LogP contribution in [0, 0.1) is 22.7 Å². The third-order valence-electron chi connectivity index (χ3n) is 2.03. The minimum absolute atomic E-state index is 0.0616. The van der Waals surface area contributed by atoms with Gasteiger partial charge < -0.3 is 0 Å². The Morgan fingerprint density at radius 3 is 2.56 bits per heavy atom. The lowest BCUT2D eigenvalue weighted by Crippen LogP contribution is -2.05. The fraction of sp³-hybridized carbons (Fsp3) is 0.300.